The zero-order chi connectivity index (χ0) is 15.1. The zero-order valence-electron chi connectivity index (χ0n) is 11.5. The third-order valence-corrected chi connectivity index (χ3v) is 3.09. The highest BCUT2D eigenvalue weighted by atomic mass is 16.2. The molecule has 0 spiro atoms. The van der Waals surface area contributed by atoms with Crippen LogP contribution < -0.4 is 16.6 Å². The largest absolute Gasteiger partial charge is 0.345 e. The maximum Gasteiger partial charge on any atom is 0.251 e. The Labute approximate surface area is 123 Å². The second-order valence-electron chi connectivity index (χ2n) is 4.57. The van der Waals surface area contributed by atoms with E-state index < -0.39 is 6.04 Å². The number of hydrazine groups is 1. The summed E-state index contributed by atoms with van der Waals surface area (Å²) in [5, 5.41) is 2.86. The van der Waals surface area contributed by atoms with Crippen LogP contribution in [0.3, 0.4) is 0 Å². The van der Waals surface area contributed by atoms with Crippen LogP contribution in [0.4, 0.5) is 0 Å². The molecule has 2 rings (SSSR count). The number of carbonyl (C=O) groups is 2. The molecule has 0 saturated carbocycles. The number of benzene rings is 2. The van der Waals surface area contributed by atoms with Gasteiger partial charge in [-0.1, -0.05) is 48.5 Å². The van der Waals surface area contributed by atoms with Crippen LogP contribution in [0.1, 0.15) is 28.4 Å². The average Bonchev–Trinajstić information content (AvgIpc) is 2.55. The van der Waals surface area contributed by atoms with Crippen molar-refractivity contribution < 1.29 is 9.59 Å². The molecule has 0 aromatic heterocycles. The quantitative estimate of drug-likeness (QED) is 0.442. The number of carbonyl (C=O) groups excluding carboxylic acids is 2. The Kier molecular flexibility index (Phi) is 5.06. The minimum Gasteiger partial charge on any atom is -0.345 e. The molecule has 2 amide bonds. The minimum absolute atomic E-state index is 0.0824. The van der Waals surface area contributed by atoms with Crippen molar-refractivity contribution in [3.05, 3.63) is 71.8 Å². The van der Waals surface area contributed by atoms with E-state index in [1.54, 1.807) is 24.3 Å². The Morgan fingerprint density at radius 1 is 0.952 bits per heavy atom. The van der Waals surface area contributed by atoms with Gasteiger partial charge in [0.2, 0.25) is 5.91 Å². The van der Waals surface area contributed by atoms with Crippen molar-refractivity contribution in [1.29, 1.82) is 0 Å². The lowest BCUT2D eigenvalue weighted by Crippen LogP contribution is -2.36. The van der Waals surface area contributed by atoms with E-state index in [1.165, 1.54) is 0 Å². The Morgan fingerprint density at radius 3 is 2.10 bits per heavy atom. The van der Waals surface area contributed by atoms with Crippen LogP contribution in [-0.4, -0.2) is 11.8 Å². The van der Waals surface area contributed by atoms with Gasteiger partial charge in [-0.15, -0.1) is 0 Å². The first-order valence-electron chi connectivity index (χ1n) is 6.61. The van der Waals surface area contributed by atoms with E-state index in [9.17, 15) is 9.59 Å². The van der Waals surface area contributed by atoms with Crippen LogP contribution in [0.5, 0.6) is 0 Å². The summed E-state index contributed by atoms with van der Waals surface area (Å²) < 4.78 is 0. The number of nitrogens with one attached hydrogen (secondary N) is 2. The monoisotopic (exact) mass is 283 g/mol. The first-order chi connectivity index (χ1) is 10.2. The molecule has 21 heavy (non-hydrogen) atoms. The molecule has 1 atom stereocenters. The molecule has 0 fully saturated rings. The third kappa shape index (κ3) is 4.15. The van der Waals surface area contributed by atoms with Crippen LogP contribution in [-0.2, 0) is 4.79 Å². The second-order valence-corrected chi connectivity index (χ2v) is 4.57. The van der Waals surface area contributed by atoms with Crippen molar-refractivity contribution in [3.8, 4) is 0 Å². The van der Waals surface area contributed by atoms with E-state index in [2.05, 4.69) is 10.7 Å². The molecule has 0 saturated heterocycles. The topological polar surface area (TPSA) is 84.2 Å². The fourth-order valence-corrected chi connectivity index (χ4v) is 2.01. The van der Waals surface area contributed by atoms with Crippen LogP contribution in [0.25, 0.3) is 0 Å². The van der Waals surface area contributed by atoms with Crippen molar-refractivity contribution in [2.45, 2.75) is 12.5 Å². The van der Waals surface area contributed by atoms with Gasteiger partial charge in [0.25, 0.3) is 5.91 Å². The molecule has 0 bridgehead atoms. The van der Waals surface area contributed by atoms with Gasteiger partial charge in [-0.3, -0.25) is 15.0 Å². The summed E-state index contributed by atoms with van der Waals surface area (Å²) in [4.78, 5) is 23.8. The van der Waals surface area contributed by atoms with Crippen LogP contribution in [0, 0.1) is 0 Å². The molecule has 2 aromatic rings. The maximum atomic E-state index is 12.2. The molecule has 5 nitrogen and oxygen atoms in total. The maximum absolute atomic E-state index is 12.2. The van der Waals surface area contributed by atoms with Gasteiger partial charge < -0.3 is 5.32 Å². The van der Waals surface area contributed by atoms with Crippen molar-refractivity contribution in [2.24, 2.45) is 5.84 Å². The summed E-state index contributed by atoms with van der Waals surface area (Å²) in [5.41, 5.74) is 3.49. The third-order valence-electron chi connectivity index (χ3n) is 3.09. The van der Waals surface area contributed by atoms with E-state index in [4.69, 9.17) is 5.84 Å². The first kappa shape index (κ1) is 14.7. The van der Waals surface area contributed by atoms with Crippen molar-refractivity contribution in [1.82, 2.24) is 10.7 Å². The van der Waals surface area contributed by atoms with Gasteiger partial charge in [-0.05, 0) is 17.7 Å². The summed E-state index contributed by atoms with van der Waals surface area (Å²) in [5.74, 6) is 4.56. The molecule has 0 unspecified atom stereocenters. The fourth-order valence-electron chi connectivity index (χ4n) is 2.01. The molecule has 2 aromatic carbocycles. The van der Waals surface area contributed by atoms with Gasteiger partial charge in [-0.2, -0.15) is 0 Å². The van der Waals surface area contributed by atoms with Crippen LogP contribution in [0.2, 0.25) is 0 Å². The predicted octanol–water partition coefficient (Wildman–Crippen LogP) is 1.54. The highest BCUT2D eigenvalue weighted by Crippen LogP contribution is 2.17. The van der Waals surface area contributed by atoms with E-state index in [-0.39, 0.29) is 18.2 Å². The second kappa shape index (κ2) is 7.21. The highest BCUT2D eigenvalue weighted by molar-refractivity contribution is 5.94. The van der Waals surface area contributed by atoms with Gasteiger partial charge in [0.15, 0.2) is 0 Å². The molecule has 0 aliphatic rings. The summed E-state index contributed by atoms with van der Waals surface area (Å²) >= 11 is 0. The van der Waals surface area contributed by atoms with Gasteiger partial charge in [0, 0.05) is 5.56 Å². The fraction of sp³-hybridized carbons (Fsp3) is 0.125. The molecular weight excluding hydrogens is 266 g/mol. The lowest BCUT2D eigenvalue weighted by atomic mass is 10.0. The molecule has 0 aliphatic carbocycles. The van der Waals surface area contributed by atoms with E-state index in [1.807, 2.05) is 36.4 Å². The summed E-state index contributed by atoms with van der Waals surface area (Å²) in [6, 6.07) is 17.8. The SMILES string of the molecule is NNC(=O)C[C@@H](NC(=O)c1ccccc1)c1ccccc1. The van der Waals surface area contributed by atoms with Gasteiger partial charge in [-0.25, -0.2) is 5.84 Å². The van der Waals surface area contributed by atoms with E-state index in [0.717, 1.165) is 5.56 Å². The summed E-state index contributed by atoms with van der Waals surface area (Å²) in [6.45, 7) is 0. The van der Waals surface area contributed by atoms with Crippen molar-refractivity contribution in [2.75, 3.05) is 0 Å². The predicted molar refractivity (Wildman–Crippen MR) is 80.0 cm³/mol. The van der Waals surface area contributed by atoms with Gasteiger partial charge in [0.05, 0.1) is 12.5 Å². The number of nitrogens with two attached hydrogens (primary N) is 1. The lowest BCUT2D eigenvalue weighted by molar-refractivity contribution is -0.121. The first-order valence-corrected chi connectivity index (χ1v) is 6.61. The Balaban J connectivity index is 2.16. The molecule has 5 heteroatoms. The summed E-state index contributed by atoms with van der Waals surface area (Å²) in [6.07, 6.45) is 0.0824. The number of hydrogen-bond acceptors (Lipinski definition) is 3. The van der Waals surface area contributed by atoms with Crippen LogP contribution >= 0.6 is 0 Å². The number of hydrogen-bond donors (Lipinski definition) is 3. The smallest absolute Gasteiger partial charge is 0.251 e. The normalized spacial score (nSPS) is 11.5. The molecule has 108 valence electrons. The lowest BCUT2D eigenvalue weighted by Gasteiger charge is -2.18. The molecule has 0 radical (unpaired) electrons. The van der Waals surface area contributed by atoms with Gasteiger partial charge in [0.1, 0.15) is 0 Å². The minimum atomic E-state index is -0.428. The van der Waals surface area contributed by atoms with Crippen molar-refractivity contribution in [3.63, 3.8) is 0 Å². The van der Waals surface area contributed by atoms with Crippen molar-refractivity contribution >= 4 is 11.8 Å². The molecule has 0 aliphatic heterocycles. The Hall–Kier alpha value is -2.66. The zero-order valence-corrected chi connectivity index (χ0v) is 11.5. The molecular formula is C16H17N3O2. The number of rotatable bonds is 5. The Bertz CT molecular complexity index is 599. The Morgan fingerprint density at radius 2 is 1.52 bits per heavy atom. The highest BCUT2D eigenvalue weighted by Gasteiger charge is 2.18. The average molecular weight is 283 g/mol. The van der Waals surface area contributed by atoms with E-state index >= 15 is 0 Å². The van der Waals surface area contributed by atoms with Gasteiger partial charge >= 0.3 is 0 Å². The van der Waals surface area contributed by atoms with Crippen LogP contribution in [0.15, 0.2) is 60.7 Å². The summed E-state index contributed by atoms with van der Waals surface area (Å²) in [7, 11) is 0. The molecule has 4 N–H and O–H groups in total. The van der Waals surface area contributed by atoms with E-state index in [0.29, 0.717) is 5.56 Å². The number of amides is 2. The molecule has 0 heterocycles. The standard InChI is InChI=1S/C16H17N3O2/c17-19-15(20)11-14(12-7-3-1-4-8-12)18-16(21)13-9-5-2-6-10-13/h1-10,14H,11,17H2,(H,18,21)(H,19,20)/t14-/m1/s1.